The molecule has 1 aromatic rings. The summed E-state index contributed by atoms with van der Waals surface area (Å²) in [5, 5.41) is 3.49. The first-order valence-electron chi connectivity index (χ1n) is 8.09. The maximum absolute atomic E-state index is 5.32. The maximum Gasteiger partial charge on any atom is 0.161 e. The minimum Gasteiger partial charge on any atom is -0.493 e. The molecule has 0 saturated heterocycles. The largest absolute Gasteiger partial charge is 0.493 e. The van der Waals surface area contributed by atoms with Gasteiger partial charge in [0.2, 0.25) is 0 Å². The van der Waals surface area contributed by atoms with Gasteiger partial charge in [0.25, 0.3) is 0 Å². The molecule has 21 heavy (non-hydrogen) atoms. The maximum atomic E-state index is 5.32. The van der Waals surface area contributed by atoms with Crippen LogP contribution < -0.4 is 14.8 Å². The van der Waals surface area contributed by atoms with Crippen molar-refractivity contribution >= 4 is 0 Å². The zero-order chi connectivity index (χ0) is 15.5. The van der Waals surface area contributed by atoms with Crippen LogP contribution in [0.3, 0.4) is 0 Å². The first kappa shape index (κ1) is 17.8. The fourth-order valence-corrected chi connectivity index (χ4v) is 2.38. The Morgan fingerprint density at radius 1 is 0.952 bits per heavy atom. The first-order chi connectivity index (χ1) is 10.2. The van der Waals surface area contributed by atoms with E-state index in [-0.39, 0.29) is 0 Å². The number of methoxy groups -OCH3 is 2. The van der Waals surface area contributed by atoms with Gasteiger partial charge in [0.1, 0.15) is 0 Å². The number of ether oxygens (including phenoxy) is 2. The van der Waals surface area contributed by atoms with Gasteiger partial charge >= 0.3 is 0 Å². The van der Waals surface area contributed by atoms with Gasteiger partial charge in [0, 0.05) is 6.54 Å². The fourth-order valence-electron chi connectivity index (χ4n) is 2.38. The molecule has 0 bridgehead atoms. The summed E-state index contributed by atoms with van der Waals surface area (Å²) in [6, 6.07) is 6.08. The second-order valence-electron chi connectivity index (χ2n) is 5.96. The van der Waals surface area contributed by atoms with Crippen LogP contribution in [0.5, 0.6) is 11.5 Å². The summed E-state index contributed by atoms with van der Waals surface area (Å²) in [6.07, 6.45) is 6.67. The molecule has 120 valence electrons. The van der Waals surface area contributed by atoms with Gasteiger partial charge in [-0.2, -0.15) is 0 Å². The SMILES string of the molecule is COc1ccc(CNCCCCCCC(C)C)cc1OC. The molecule has 0 fully saturated rings. The summed E-state index contributed by atoms with van der Waals surface area (Å²) in [7, 11) is 3.33. The molecule has 1 rings (SSSR count). The van der Waals surface area contributed by atoms with Gasteiger partial charge in [-0.3, -0.25) is 0 Å². The van der Waals surface area contributed by atoms with E-state index in [9.17, 15) is 0 Å². The zero-order valence-electron chi connectivity index (χ0n) is 14.1. The summed E-state index contributed by atoms with van der Waals surface area (Å²) >= 11 is 0. The quantitative estimate of drug-likeness (QED) is 0.613. The van der Waals surface area contributed by atoms with Crippen molar-refractivity contribution in [2.75, 3.05) is 20.8 Å². The molecule has 1 aromatic carbocycles. The van der Waals surface area contributed by atoms with Crippen molar-refractivity contribution < 1.29 is 9.47 Å². The average Bonchev–Trinajstić information content (AvgIpc) is 2.49. The highest BCUT2D eigenvalue weighted by Gasteiger charge is 2.04. The zero-order valence-corrected chi connectivity index (χ0v) is 14.1. The van der Waals surface area contributed by atoms with Gasteiger partial charge in [-0.1, -0.05) is 45.6 Å². The van der Waals surface area contributed by atoms with Crippen molar-refractivity contribution in [3.8, 4) is 11.5 Å². The van der Waals surface area contributed by atoms with Crippen LogP contribution in [0.25, 0.3) is 0 Å². The molecule has 0 amide bonds. The third-order valence-electron chi connectivity index (χ3n) is 3.66. The molecular weight excluding hydrogens is 262 g/mol. The molecule has 3 nitrogen and oxygen atoms in total. The van der Waals surface area contributed by atoms with E-state index in [1.165, 1.54) is 37.7 Å². The third kappa shape index (κ3) is 7.37. The van der Waals surface area contributed by atoms with Crippen LogP contribution in [0.4, 0.5) is 0 Å². The molecule has 0 aromatic heterocycles. The summed E-state index contributed by atoms with van der Waals surface area (Å²) in [4.78, 5) is 0. The highest BCUT2D eigenvalue weighted by atomic mass is 16.5. The molecule has 0 spiro atoms. The number of benzene rings is 1. The van der Waals surface area contributed by atoms with E-state index in [1.54, 1.807) is 14.2 Å². The van der Waals surface area contributed by atoms with Gasteiger partial charge in [0.05, 0.1) is 14.2 Å². The second-order valence-corrected chi connectivity index (χ2v) is 5.96. The van der Waals surface area contributed by atoms with Crippen LogP contribution in [-0.4, -0.2) is 20.8 Å². The summed E-state index contributed by atoms with van der Waals surface area (Å²) in [6.45, 7) is 6.55. The Morgan fingerprint density at radius 2 is 1.67 bits per heavy atom. The van der Waals surface area contributed by atoms with Crippen molar-refractivity contribution in [1.82, 2.24) is 5.32 Å². The first-order valence-corrected chi connectivity index (χ1v) is 8.09. The fraction of sp³-hybridized carbons (Fsp3) is 0.667. The van der Waals surface area contributed by atoms with Crippen molar-refractivity contribution in [3.63, 3.8) is 0 Å². The van der Waals surface area contributed by atoms with Gasteiger partial charge < -0.3 is 14.8 Å². The Morgan fingerprint density at radius 3 is 2.33 bits per heavy atom. The standard InChI is InChI=1S/C18H31NO2/c1-15(2)9-7-5-6-8-12-19-14-16-10-11-17(20-3)18(13-16)21-4/h10-11,13,15,19H,5-9,12,14H2,1-4H3. The molecule has 0 atom stereocenters. The van der Waals surface area contributed by atoms with E-state index in [0.29, 0.717) is 0 Å². The monoisotopic (exact) mass is 293 g/mol. The Bertz CT molecular complexity index is 391. The highest BCUT2D eigenvalue weighted by molar-refractivity contribution is 5.42. The van der Waals surface area contributed by atoms with Crippen LogP contribution in [0.15, 0.2) is 18.2 Å². The highest BCUT2D eigenvalue weighted by Crippen LogP contribution is 2.27. The van der Waals surface area contributed by atoms with Crippen molar-refractivity contribution in [2.24, 2.45) is 5.92 Å². The van der Waals surface area contributed by atoms with Crippen LogP contribution in [0.1, 0.15) is 51.5 Å². The molecule has 3 heteroatoms. The van der Waals surface area contributed by atoms with E-state index in [1.807, 2.05) is 12.1 Å². The normalized spacial score (nSPS) is 10.9. The van der Waals surface area contributed by atoms with Crippen LogP contribution in [-0.2, 0) is 6.54 Å². The van der Waals surface area contributed by atoms with Gasteiger partial charge in [0.15, 0.2) is 11.5 Å². The van der Waals surface area contributed by atoms with E-state index in [4.69, 9.17) is 9.47 Å². The molecule has 0 aliphatic carbocycles. The molecule has 0 aliphatic heterocycles. The van der Waals surface area contributed by atoms with Gasteiger partial charge in [-0.25, -0.2) is 0 Å². The van der Waals surface area contributed by atoms with E-state index in [2.05, 4.69) is 25.2 Å². The third-order valence-corrected chi connectivity index (χ3v) is 3.66. The van der Waals surface area contributed by atoms with E-state index >= 15 is 0 Å². The lowest BCUT2D eigenvalue weighted by molar-refractivity contribution is 0.354. The molecule has 0 saturated carbocycles. The minimum absolute atomic E-state index is 0.784. The lowest BCUT2D eigenvalue weighted by atomic mass is 10.0. The molecule has 0 radical (unpaired) electrons. The summed E-state index contributed by atoms with van der Waals surface area (Å²) in [5.74, 6) is 2.42. The predicted molar refractivity (Wildman–Crippen MR) is 89.2 cm³/mol. The molecule has 0 aliphatic rings. The van der Waals surface area contributed by atoms with Crippen molar-refractivity contribution in [2.45, 2.75) is 52.5 Å². The van der Waals surface area contributed by atoms with Crippen molar-refractivity contribution in [3.05, 3.63) is 23.8 Å². The van der Waals surface area contributed by atoms with Gasteiger partial charge in [-0.15, -0.1) is 0 Å². The molecule has 0 unspecified atom stereocenters. The predicted octanol–water partition coefficient (Wildman–Crippen LogP) is 4.40. The Kier molecular flexibility index (Phi) is 8.91. The number of hydrogen-bond acceptors (Lipinski definition) is 3. The number of hydrogen-bond donors (Lipinski definition) is 1. The molecular formula is C18H31NO2. The number of nitrogens with one attached hydrogen (secondary N) is 1. The van der Waals surface area contributed by atoms with Crippen LogP contribution >= 0.6 is 0 Å². The smallest absolute Gasteiger partial charge is 0.161 e. The average molecular weight is 293 g/mol. The van der Waals surface area contributed by atoms with Gasteiger partial charge in [-0.05, 0) is 36.6 Å². The Balaban J connectivity index is 2.15. The second kappa shape index (κ2) is 10.5. The van der Waals surface area contributed by atoms with Crippen molar-refractivity contribution in [1.29, 1.82) is 0 Å². The van der Waals surface area contributed by atoms with Crippen LogP contribution in [0.2, 0.25) is 0 Å². The van der Waals surface area contributed by atoms with E-state index in [0.717, 1.165) is 30.5 Å². The summed E-state index contributed by atoms with van der Waals surface area (Å²) in [5.41, 5.74) is 1.23. The number of unbranched alkanes of at least 4 members (excludes halogenated alkanes) is 3. The summed E-state index contributed by atoms with van der Waals surface area (Å²) < 4.78 is 10.6. The molecule has 1 N–H and O–H groups in total. The topological polar surface area (TPSA) is 30.5 Å². The number of rotatable bonds is 11. The Hall–Kier alpha value is -1.22. The molecule has 0 heterocycles. The minimum atomic E-state index is 0.784. The lowest BCUT2D eigenvalue weighted by Crippen LogP contribution is -2.14. The van der Waals surface area contributed by atoms with E-state index < -0.39 is 0 Å². The lowest BCUT2D eigenvalue weighted by Gasteiger charge is -2.10. The Labute approximate surface area is 130 Å². The van der Waals surface area contributed by atoms with Crippen LogP contribution in [0, 0.1) is 5.92 Å².